The lowest BCUT2D eigenvalue weighted by atomic mass is 10.1. The molecule has 2 aromatic heterocycles. The van der Waals surface area contributed by atoms with E-state index in [1.54, 1.807) is 50.8 Å². The van der Waals surface area contributed by atoms with E-state index in [4.69, 9.17) is 19.3 Å². The third-order valence-corrected chi connectivity index (χ3v) is 5.27. The standard InChI is InChI=1S/C21H25N3O5S/c1-24-18(11-17(23-24)16-10-15(27-2)4-5-19(16)28-3)21(26)22-12-20(29-8-7-25)14-6-9-30-13-14/h4-6,9-11,13,20,25H,7-8,12H2,1-3H3,(H,22,26)/t20-/m0/s1. The van der Waals surface area contributed by atoms with Crippen LogP contribution in [0.1, 0.15) is 22.2 Å². The average molecular weight is 432 g/mol. The van der Waals surface area contributed by atoms with Crippen molar-refractivity contribution in [2.45, 2.75) is 6.10 Å². The van der Waals surface area contributed by atoms with Crippen molar-refractivity contribution in [2.75, 3.05) is 34.0 Å². The highest BCUT2D eigenvalue weighted by molar-refractivity contribution is 7.07. The number of thiophene rings is 1. The molecule has 0 aliphatic rings. The van der Waals surface area contributed by atoms with Gasteiger partial charge in [0.15, 0.2) is 0 Å². The molecule has 8 nitrogen and oxygen atoms in total. The van der Waals surface area contributed by atoms with E-state index in [1.807, 2.05) is 22.9 Å². The molecular formula is C21H25N3O5S. The van der Waals surface area contributed by atoms with Gasteiger partial charge in [-0.1, -0.05) is 0 Å². The van der Waals surface area contributed by atoms with Crippen molar-refractivity contribution in [3.05, 3.63) is 52.3 Å². The first-order valence-electron chi connectivity index (χ1n) is 9.36. The first-order chi connectivity index (χ1) is 14.6. The zero-order valence-electron chi connectivity index (χ0n) is 17.1. The van der Waals surface area contributed by atoms with Crippen LogP contribution in [0.15, 0.2) is 41.1 Å². The van der Waals surface area contributed by atoms with Crippen molar-refractivity contribution < 1.29 is 24.1 Å². The number of hydrogen-bond donors (Lipinski definition) is 2. The summed E-state index contributed by atoms with van der Waals surface area (Å²) in [5.41, 5.74) is 2.69. The predicted molar refractivity (Wildman–Crippen MR) is 114 cm³/mol. The molecule has 0 saturated carbocycles. The number of carbonyl (C=O) groups excluding carboxylic acids is 1. The van der Waals surface area contributed by atoms with E-state index >= 15 is 0 Å². The van der Waals surface area contributed by atoms with Gasteiger partial charge in [-0.2, -0.15) is 16.4 Å². The highest BCUT2D eigenvalue weighted by Crippen LogP contribution is 2.33. The van der Waals surface area contributed by atoms with Crippen LogP contribution in [-0.4, -0.2) is 54.8 Å². The monoisotopic (exact) mass is 431 g/mol. The molecule has 2 N–H and O–H groups in total. The zero-order chi connectivity index (χ0) is 21.5. The summed E-state index contributed by atoms with van der Waals surface area (Å²) in [4.78, 5) is 12.8. The number of amides is 1. The van der Waals surface area contributed by atoms with Gasteiger partial charge >= 0.3 is 0 Å². The van der Waals surface area contributed by atoms with E-state index in [2.05, 4.69) is 10.4 Å². The maximum atomic E-state index is 12.8. The van der Waals surface area contributed by atoms with Crippen LogP contribution in [0.3, 0.4) is 0 Å². The Kier molecular flexibility index (Phi) is 7.45. The quantitative estimate of drug-likeness (QED) is 0.513. The molecule has 1 atom stereocenters. The van der Waals surface area contributed by atoms with Crippen molar-refractivity contribution in [3.8, 4) is 22.8 Å². The largest absolute Gasteiger partial charge is 0.497 e. The number of aryl methyl sites for hydroxylation is 1. The summed E-state index contributed by atoms with van der Waals surface area (Å²) in [5.74, 6) is 1.03. The first-order valence-corrected chi connectivity index (χ1v) is 10.3. The summed E-state index contributed by atoms with van der Waals surface area (Å²) < 4.78 is 17.9. The van der Waals surface area contributed by atoms with E-state index in [-0.39, 0.29) is 31.8 Å². The van der Waals surface area contributed by atoms with Gasteiger partial charge in [0.05, 0.1) is 33.1 Å². The average Bonchev–Trinajstić information content (AvgIpc) is 3.43. The van der Waals surface area contributed by atoms with Crippen LogP contribution >= 0.6 is 11.3 Å². The van der Waals surface area contributed by atoms with Gasteiger partial charge in [0.25, 0.3) is 5.91 Å². The van der Waals surface area contributed by atoms with Crippen molar-refractivity contribution >= 4 is 17.2 Å². The number of aromatic nitrogens is 2. The van der Waals surface area contributed by atoms with Crippen LogP contribution in [-0.2, 0) is 11.8 Å². The normalized spacial score (nSPS) is 11.9. The molecule has 0 aliphatic carbocycles. The Balaban J connectivity index is 1.77. The second-order valence-corrected chi connectivity index (χ2v) is 7.23. The topological polar surface area (TPSA) is 94.8 Å². The van der Waals surface area contributed by atoms with Crippen LogP contribution in [0.2, 0.25) is 0 Å². The van der Waals surface area contributed by atoms with E-state index in [0.717, 1.165) is 11.1 Å². The van der Waals surface area contributed by atoms with Gasteiger partial charge < -0.3 is 24.6 Å². The number of carbonyl (C=O) groups is 1. The Labute approximate surface area is 179 Å². The molecule has 0 aliphatic heterocycles. The summed E-state index contributed by atoms with van der Waals surface area (Å²) >= 11 is 1.55. The Morgan fingerprint density at radius 1 is 1.27 bits per heavy atom. The third kappa shape index (κ3) is 4.99. The summed E-state index contributed by atoms with van der Waals surface area (Å²) in [6.45, 7) is 0.391. The highest BCUT2D eigenvalue weighted by atomic mass is 32.1. The van der Waals surface area contributed by atoms with Gasteiger partial charge in [-0.05, 0) is 46.7 Å². The number of methoxy groups -OCH3 is 2. The number of nitrogens with one attached hydrogen (secondary N) is 1. The smallest absolute Gasteiger partial charge is 0.269 e. The summed E-state index contributed by atoms with van der Waals surface area (Å²) in [5, 5.41) is 20.3. The minimum atomic E-state index is -0.335. The Morgan fingerprint density at radius 3 is 2.77 bits per heavy atom. The number of aliphatic hydroxyl groups excluding tert-OH is 1. The fraction of sp³-hybridized carbons (Fsp3) is 0.333. The molecule has 1 amide bonds. The molecule has 0 spiro atoms. The van der Waals surface area contributed by atoms with Crippen LogP contribution in [0.4, 0.5) is 0 Å². The molecule has 0 bridgehead atoms. The fourth-order valence-corrected chi connectivity index (χ4v) is 3.73. The third-order valence-electron chi connectivity index (χ3n) is 4.57. The van der Waals surface area contributed by atoms with Crippen molar-refractivity contribution in [3.63, 3.8) is 0 Å². The van der Waals surface area contributed by atoms with Gasteiger partial charge in [0.1, 0.15) is 23.3 Å². The minimum absolute atomic E-state index is 0.0813. The van der Waals surface area contributed by atoms with Crippen molar-refractivity contribution in [1.29, 1.82) is 0 Å². The lowest BCUT2D eigenvalue weighted by Gasteiger charge is -2.17. The molecule has 0 fully saturated rings. The number of ether oxygens (including phenoxy) is 3. The van der Waals surface area contributed by atoms with E-state index in [1.165, 1.54) is 4.68 Å². The SMILES string of the molecule is COc1ccc(OC)c(-c2cc(C(=O)NC[C@H](OCCO)c3ccsc3)n(C)n2)c1. The molecular weight excluding hydrogens is 406 g/mol. The van der Waals surface area contributed by atoms with E-state index < -0.39 is 0 Å². The Morgan fingerprint density at radius 2 is 2.10 bits per heavy atom. The molecule has 3 aromatic rings. The number of aliphatic hydroxyl groups is 1. The van der Waals surface area contributed by atoms with Crippen LogP contribution in [0.25, 0.3) is 11.3 Å². The maximum absolute atomic E-state index is 12.8. The van der Waals surface area contributed by atoms with Crippen LogP contribution in [0.5, 0.6) is 11.5 Å². The molecule has 3 rings (SSSR count). The second-order valence-electron chi connectivity index (χ2n) is 6.45. The molecule has 2 heterocycles. The maximum Gasteiger partial charge on any atom is 0.269 e. The minimum Gasteiger partial charge on any atom is -0.497 e. The molecule has 0 saturated heterocycles. The summed E-state index contributed by atoms with van der Waals surface area (Å²) in [6, 6.07) is 9.07. The number of hydrogen-bond acceptors (Lipinski definition) is 7. The van der Waals surface area contributed by atoms with E-state index in [0.29, 0.717) is 22.9 Å². The van der Waals surface area contributed by atoms with Crippen molar-refractivity contribution in [2.24, 2.45) is 7.05 Å². The Hall–Kier alpha value is -2.88. The molecule has 0 radical (unpaired) electrons. The Bertz CT molecular complexity index is 971. The summed E-state index contributed by atoms with van der Waals surface area (Å²) in [6.07, 6.45) is -0.335. The van der Waals surface area contributed by atoms with Crippen LogP contribution < -0.4 is 14.8 Å². The van der Waals surface area contributed by atoms with Crippen LogP contribution in [0, 0.1) is 0 Å². The molecule has 9 heteroatoms. The summed E-state index contributed by atoms with van der Waals surface area (Å²) in [7, 11) is 4.88. The molecule has 30 heavy (non-hydrogen) atoms. The lowest BCUT2D eigenvalue weighted by Crippen LogP contribution is -2.31. The lowest BCUT2D eigenvalue weighted by molar-refractivity contribution is 0.0278. The second kappa shape index (κ2) is 10.2. The first kappa shape index (κ1) is 21.8. The molecule has 0 unspecified atom stereocenters. The zero-order valence-corrected chi connectivity index (χ0v) is 17.9. The van der Waals surface area contributed by atoms with Crippen molar-refractivity contribution in [1.82, 2.24) is 15.1 Å². The number of nitrogens with zero attached hydrogens (tertiary/aromatic N) is 2. The van der Waals surface area contributed by atoms with Gasteiger partial charge in [0.2, 0.25) is 0 Å². The fourth-order valence-electron chi connectivity index (χ4n) is 3.03. The van der Waals surface area contributed by atoms with E-state index in [9.17, 15) is 4.79 Å². The molecule has 1 aromatic carbocycles. The van der Waals surface area contributed by atoms with Gasteiger partial charge in [-0.15, -0.1) is 0 Å². The highest BCUT2D eigenvalue weighted by Gasteiger charge is 2.19. The van der Waals surface area contributed by atoms with Gasteiger partial charge in [-0.25, -0.2) is 0 Å². The number of benzene rings is 1. The molecule has 160 valence electrons. The predicted octanol–water partition coefficient (Wildman–Crippen LogP) is 2.65. The number of rotatable bonds is 10. The van der Waals surface area contributed by atoms with Gasteiger partial charge in [-0.3, -0.25) is 9.48 Å². The van der Waals surface area contributed by atoms with Gasteiger partial charge in [0, 0.05) is 19.2 Å².